The molecule has 0 saturated heterocycles. The zero-order valence-electron chi connectivity index (χ0n) is 37.4. The van der Waals surface area contributed by atoms with Crippen LogP contribution in [0.3, 0.4) is 0 Å². The van der Waals surface area contributed by atoms with Crippen LogP contribution in [0.15, 0.2) is 241 Å². The summed E-state index contributed by atoms with van der Waals surface area (Å²) < 4.78 is 7.13. The molecule has 8 heteroatoms. The second kappa shape index (κ2) is 16.1. The monoisotopic (exact) mass is 914 g/mol. The highest BCUT2D eigenvalue weighted by atomic mass is 32.2. The molecular formula is C62H38N6OS. The molecule has 0 N–H and O–H groups in total. The Bertz CT molecular complexity index is 3810. The first kappa shape index (κ1) is 40.1. The SMILES string of the molecule is c1ccc(-c2cccc(N3c4ccccc4Oc4c3ccc3c4Sc4ccccc4C34c3cccnc3-c3nc(-c5ccccc5-c5cc(-c6cccnc6)cc(-c6cccnc6)n5)ccc34)c2)cc1. The Morgan fingerprint density at radius 3 is 1.97 bits per heavy atom. The van der Waals surface area contributed by atoms with Crippen molar-refractivity contribution in [2.75, 3.05) is 4.90 Å². The van der Waals surface area contributed by atoms with Gasteiger partial charge in [-0.05, 0) is 118 Å². The van der Waals surface area contributed by atoms with E-state index in [0.29, 0.717) is 0 Å². The normalized spacial score (nSPS) is 14.7. The summed E-state index contributed by atoms with van der Waals surface area (Å²) >= 11 is 1.77. The summed E-state index contributed by atoms with van der Waals surface area (Å²) in [6.45, 7) is 0. The summed E-state index contributed by atoms with van der Waals surface area (Å²) in [6, 6.07) is 70.5. The van der Waals surface area contributed by atoms with E-state index in [9.17, 15) is 0 Å². The van der Waals surface area contributed by atoms with Crippen molar-refractivity contribution in [3.8, 4) is 78.9 Å². The minimum absolute atomic E-state index is 0.743. The number of hydrogen-bond donors (Lipinski definition) is 0. The molecule has 0 radical (unpaired) electrons. The fraction of sp³-hybridized carbons (Fsp3) is 0.0161. The number of ether oxygens (including phenoxy) is 1. The van der Waals surface area contributed by atoms with Gasteiger partial charge in [-0.25, -0.2) is 9.97 Å². The first-order valence-electron chi connectivity index (χ1n) is 23.3. The van der Waals surface area contributed by atoms with Gasteiger partial charge in [0.15, 0.2) is 11.5 Å². The number of anilines is 3. The third kappa shape index (κ3) is 6.20. The first-order chi connectivity index (χ1) is 34.7. The summed E-state index contributed by atoms with van der Waals surface area (Å²) in [5.41, 5.74) is 18.2. The molecule has 2 aliphatic heterocycles. The quantitative estimate of drug-likeness (QED) is 0.163. The molecule has 0 amide bonds. The molecule has 70 heavy (non-hydrogen) atoms. The average molecular weight is 915 g/mol. The van der Waals surface area contributed by atoms with Crippen LogP contribution >= 0.6 is 11.8 Å². The van der Waals surface area contributed by atoms with E-state index >= 15 is 0 Å². The maximum atomic E-state index is 7.13. The maximum absolute atomic E-state index is 7.13. The third-order valence-electron chi connectivity index (χ3n) is 13.8. The summed E-state index contributed by atoms with van der Waals surface area (Å²) in [6.07, 6.45) is 9.21. The van der Waals surface area contributed by atoms with Crippen LogP contribution in [0.4, 0.5) is 17.1 Å². The molecule has 0 saturated carbocycles. The van der Waals surface area contributed by atoms with E-state index in [1.165, 1.54) is 11.1 Å². The molecule has 0 fully saturated rings. The minimum atomic E-state index is -0.743. The van der Waals surface area contributed by atoms with Gasteiger partial charge < -0.3 is 9.64 Å². The van der Waals surface area contributed by atoms with Crippen LogP contribution in [0.2, 0.25) is 0 Å². The Balaban J connectivity index is 0.954. The Morgan fingerprint density at radius 2 is 1.11 bits per heavy atom. The fourth-order valence-corrected chi connectivity index (χ4v) is 12.0. The molecule has 1 aliphatic carbocycles. The van der Waals surface area contributed by atoms with Gasteiger partial charge in [0.05, 0.1) is 50.2 Å². The molecular weight excluding hydrogens is 877 g/mol. The second-order valence-electron chi connectivity index (χ2n) is 17.6. The predicted octanol–water partition coefficient (Wildman–Crippen LogP) is 15.4. The zero-order valence-corrected chi connectivity index (χ0v) is 38.3. The van der Waals surface area contributed by atoms with Crippen LogP contribution in [0.1, 0.15) is 22.3 Å². The van der Waals surface area contributed by atoms with Gasteiger partial charge in [0.2, 0.25) is 0 Å². The number of nitrogens with zero attached hydrogens (tertiary/aromatic N) is 6. The van der Waals surface area contributed by atoms with E-state index < -0.39 is 5.41 Å². The van der Waals surface area contributed by atoms with E-state index in [1.54, 1.807) is 24.2 Å². The third-order valence-corrected chi connectivity index (χ3v) is 14.9. The van der Waals surface area contributed by atoms with E-state index in [4.69, 9.17) is 19.7 Å². The average Bonchev–Trinajstić information content (AvgIpc) is 3.72. The van der Waals surface area contributed by atoms with E-state index in [1.807, 2.05) is 42.9 Å². The van der Waals surface area contributed by atoms with Crippen LogP contribution in [0, 0.1) is 0 Å². The lowest BCUT2D eigenvalue weighted by Crippen LogP contribution is -2.32. The molecule has 6 aromatic carbocycles. The van der Waals surface area contributed by atoms with E-state index in [0.717, 1.165) is 117 Å². The summed E-state index contributed by atoms with van der Waals surface area (Å²) in [7, 11) is 0. The van der Waals surface area contributed by atoms with Gasteiger partial charge in [-0.3, -0.25) is 15.0 Å². The lowest BCUT2D eigenvalue weighted by Gasteiger charge is -2.41. The van der Waals surface area contributed by atoms with Crippen LogP contribution in [0.5, 0.6) is 11.5 Å². The topological polar surface area (TPSA) is 76.9 Å². The van der Waals surface area contributed by atoms with Gasteiger partial charge in [-0.1, -0.05) is 133 Å². The zero-order chi connectivity index (χ0) is 46.2. The van der Waals surface area contributed by atoms with Crippen molar-refractivity contribution in [2.24, 2.45) is 0 Å². The first-order valence-corrected chi connectivity index (χ1v) is 24.1. The predicted molar refractivity (Wildman–Crippen MR) is 279 cm³/mol. The standard InChI is InChI=1S/C62H38N6OS/c1-2-14-39(15-3-1)40-16-10-19-44(34-40)68-54-24-7-8-25-56(54)69-60-55(68)30-28-50-61(60)70-57-26-9-6-22-47(57)62(50)48-23-13-33-65-58(48)59-49(62)27-29-51(67-59)45-20-4-5-21-46(45)53-36-43(41-17-11-31-63-37-41)35-52(66-53)42-18-12-32-64-38-42/h1-38H. The lowest BCUT2D eigenvalue weighted by molar-refractivity contribution is 0.461. The van der Waals surface area contributed by atoms with Gasteiger partial charge in [-0.2, -0.15) is 0 Å². The molecule has 7 nitrogen and oxygen atoms in total. The van der Waals surface area contributed by atoms with Crippen molar-refractivity contribution in [3.05, 3.63) is 253 Å². The Labute approximate surface area is 408 Å². The number of benzene rings is 6. The van der Waals surface area contributed by atoms with Crippen LogP contribution in [-0.2, 0) is 5.41 Å². The lowest BCUT2D eigenvalue weighted by atomic mass is 9.67. The Morgan fingerprint density at radius 1 is 0.429 bits per heavy atom. The maximum Gasteiger partial charge on any atom is 0.165 e. The molecule has 14 rings (SSSR count). The molecule has 328 valence electrons. The Hall–Kier alpha value is -8.98. The number of hydrogen-bond acceptors (Lipinski definition) is 8. The van der Waals surface area contributed by atoms with Crippen molar-refractivity contribution in [3.63, 3.8) is 0 Å². The number of para-hydroxylation sites is 2. The van der Waals surface area contributed by atoms with Gasteiger partial charge in [-0.15, -0.1) is 0 Å². The van der Waals surface area contributed by atoms with Crippen molar-refractivity contribution < 1.29 is 4.74 Å². The smallest absolute Gasteiger partial charge is 0.165 e. The molecule has 7 heterocycles. The number of rotatable bonds is 6. The summed E-state index contributed by atoms with van der Waals surface area (Å²) in [5.74, 6) is 1.62. The second-order valence-corrected chi connectivity index (χ2v) is 18.7. The summed E-state index contributed by atoms with van der Waals surface area (Å²) in [4.78, 5) is 29.6. The van der Waals surface area contributed by atoms with Crippen molar-refractivity contribution in [1.82, 2.24) is 24.9 Å². The number of aromatic nitrogens is 5. The molecule has 11 aromatic rings. The number of fused-ring (bicyclic) bond motifs is 12. The fourth-order valence-electron chi connectivity index (χ4n) is 10.7. The van der Waals surface area contributed by atoms with Crippen LogP contribution in [0.25, 0.3) is 67.4 Å². The van der Waals surface area contributed by atoms with Gasteiger partial charge in [0, 0.05) is 63.8 Å². The van der Waals surface area contributed by atoms with Crippen LogP contribution < -0.4 is 9.64 Å². The highest BCUT2D eigenvalue weighted by Crippen LogP contribution is 2.65. The highest BCUT2D eigenvalue weighted by molar-refractivity contribution is 7.99. The van der Waals surface area contributed by atoms with Gasteiger partial charge in [0.25, 0.3) is 0 Å². The molecule has 1 spiro atoms. The Kier molecular flexibility index (Phi) is 9.22. The molecule has 3 aliphatic rings. The van der Waals surface area contributed by atoms with E-state index in [2.05, 4.69) is 191 Å². The molecule has 1 unspecified atom stereocenters. The van der Waals surface area contributed by atoms with Gasteiger partial charge in [0.1, 0.15) is 0 Å². The number of pyridine rings is 5. The van der Waals surface area contributed by atoms with Gasteiger partial charge >= 0.3 is 0 Å². The molecule has 0 bridgehead atoms. The highest BCUT2D eigenvalue weighted by Gasteiger charge is 2.53. The molecule has 5 aromatic heterocycles. The summed E-state index contributed by atoms with van der Waals surface area (Å²) in [5, 5.41) is 0. The van der Waals surface area contributed by atoms with Crippen LogP contribution in [-0.4, -0.2) is 24.9 Å². The van der Waals surface area contributed by atoms with Crippen molar-refractivity contribution in [1.29, 1.82) is 0 Å². The van der Waals surface area contributed by atoms with Crippen molar-refractivity contribution in [2.45, 2.75) is 15.2 Å². The molecule has 1 atom stereocenters. The van der Waals surface area contributed by atoms with Crippen molar-refractivity contribution >= 4 is 28.8 Å². The minimum Gasteiger partial charge on any atom is -0.452 e. The largest absolute Gasteiger partial charge is 0.452 e. The van der Waals surface area contributed by atoms with E-state index in [-0.39, 0.29) is 0 Å².